The molecule has 1 aliphatic rings. The van der Waals surface area contributed by atoms with Gasteiger partial charge >= 0.3 is 0 Å². The number of nitrogens with two attached hydrogens (primary N) is 1. The quantitative estimate of drug-likeness (QED) is 0.758. The summed E-state index contributed by atoms with van der Waals surface area (Å²) in [6.45, 7) is 6.58. The van der Waals surface area contributed by atoms with Gasteiger partial charge in [-0.05, 0) is 38.6 Å². The van der Waals surface area contributed by atoms with E-state index in [0.29, 0.717) is 6.04 Å². The van der Waals surface area contributed by atoms with Crippen LogP contribution in [0.15, 0.2) is 0 Å². The Labute approximate surface area is 95.2 Å². The third kappa shape index (κ3) is 4.12. The minimum atomic E-state index is 0.534. The molecule has 3 unspecified atom stereocenters. The van der Waals surface area contributed by atoms with Crippen LogP contribution in [0.1, 0.15) is 46.0 Å². The summed E-state index contributed by atoms with van der Waals surface area (Å²) in [6, 6.07) is 0.534. The van der Waals surface area contributed by atoms with E-state index in [2.05, 4.69) is 25.8 Å². The molecule has 1 aliphatic carbocycles. The number of rotatable bonds is 5. The van der Waals surface area contributed by atoms with Gasteiger partial charge in [0.15, 0.2) is 0 Å². The minimum Gasteiger partial charge on any atom is -0.329 e. The van der Waals surface area contributed by atoms with Gasteiger partial charge in [0.1, 0.15) is 0 Å². The van der Waals surface area contributed by atoms with E-state index in [1.807, 2.05) is 0 Å². The molecule has 0 aromatic carbocycles. The van der Waals surface area contributed by atoms with Gasteiger partial charge in [-0.2, -0.15) is 0 Å². The molecule has 0 spiro atoms. The molecule has 0 heterocycles. The van der Waals surface area contributed by atoms with Gasteiger partial charge in [0.2, 0.25) is 0 Å². The average Bonchev–Trinajstić information content (AvgIpc) is 2.28. The summed E-state index contributed by atoms with van der Waals surface area (Å²) in [5, 5.41) is 0. The Hall–Kier alpha value is -0.0800. The molecule has 1 saturated carbocycles. The molecule has 15 heavy (non-hydrogen) atoms. The van der Waals surface area contributed by atoms with Crippen molar-refractivity contribution in [2.24, 2.45) is 17.6 Å². The second-order valence-corrected chi connectivity index (χ2v) is 5.33. The van der Waals surface area contributed by atoms with Crippen molar-refractivity contribution in [2.75, 3.05) is 20.1 Å². The van der Waals surface area contributed by atoms with Crippen LogP contribution in [0.5, 0.6) is 0 Å². The molecule has 0 bridgehead atoms. The Morgan fingerprint density at radius 3 is 2.60 bits per heavy atom. The van der Waals surface area contributed by atoms with Gasteiger partial charge in [-0.1, -0.05) is 26.2 Å². The number of likely N-dealkylation sites (N-methyl/N-ethyl adjacent to an activating group) is 1. The van der Waals surface area contributed by atoms with Crippen LogP contribution in [0.4, 0.5) is 0 Å². The lowest BCUT2D eigenvalue weighted by atomic mass is 9.80. The molecular weight excluding hydrogens is 184 g/mol. The van der Waals surface area contributed by atoms with Gasteiger partial charge in [-0.3, -0.25) is 0 Å². The predicted molar refractivity (Wildman–Crippen MR) is 66.9 cm³/mol. The van der Waals surface area contributed by atoms with Crippen LogP contribution in [0, 0.1) is 11.8 Å². The lowest BCUT2D eigenvalue weighted by Crippen LogP contribution is -2.39. The van der Waals surface area contributed by atoms with E-state index in [1.54, 1.807) is 0 Å². The molecule has 3 atom stereocenters. The molecule has 0 amide bonds. The Morgan fingerprint density at radius 2 is 2.00 bits per heavy atom. The summed E-state index contributed by atoms with van der Waals surface area (Å²) >= 11 is 0. The predicted octanol–water partition coefficient (Wildman–Crippen LogP) is 2.48. The molecule has 2 heteroatoms. The van der Waals surface area contributed by atoms with Crippen molar-refractivity contribution in [1.29, 1.82) is 0 Å². The molecule has 0 aromatic rings. The van der Waals surface area contributed by atoms with Crippen molar-refractivity contribution >= 4 is 0 Å². The number of nitrogens with zero attached hydrogens (tertiary/aromatic N) is 1. The van der Waals surface area contributed by atoms with Gasteiger partial charge in [0.05, 0.1) is 0 Å². The number of hydrogen-bond donors (Lipinski definition) is 1. The fraction of sp³-hybridized carbons (Fsp3) is 1.00. The van der Waals surface area contributed by atoms with Crippen LogP contribution in [-0.4, -0.2) is 31.1 Å². The highest BCUT2D eigenvalue weighted by Crippen LogP contribution is 2.31. The maximum Gasteiger partial charge on any atom is 0.0187 e. The van der Waals surface area contributed by atoms with E-state index in [1.165, 1.54) is 38.6 Å². The van der Waals surface area contributed by atoms with Gasteiger partial charge in [0.25, 0.3) is 0 Å². The van der Waals surface area contributed by atoms with E-state index in [4.69, 9.17) is 5.73 Å². The van der Waals surface area contributed by atoms with Crippen LogP contribution in [0.3, 0.4) is 0 Å². The van der Waals surface area contributed by atoms with Gasteiger partial charge in [-0.25, -0.2) is 0 Å². The van der Waals surface area contributed by atoms with Crippen molar-refractivity contribution in [3.05, 3.63) is 0 Å². The topological polar surface area (TPSA) is 29.3 Å². The summed E-state index contributed by atoms with van der Waals surface area (Å²) in [4.78, 5) is 2.43. The van der Waals surface area contributed by atoms with Crippen LogP contribution in [0.25, 0.3) is 0 Å². The Morgan fingerprint density at radius 1 is 1.33 bits per heavy atom. The molecule has 1 rings (SSSR count). The zero-order valence-corrected chi connectivity index (χ0v) is 10.7. The second-order valence-electron chi connectivity index (χ2n) is 5.33. The standard InChI is InChI=1S/C13H28N2/c1-4-12-6-5-7-13(8-12)10-15(3)11(2)9-14/h11-13H,4-10,14H2,1-3H3. The van der Waals surface area contributed by atoms with Crippen molar-refractivity contribution in [3.8, 4) is 0 Å². The minimum absolute atomic E-state index is 0.534. The Balaban J connectivity index is 2.31. The van der Waals surface area contributed by atoms with Gasteiger partial charge in [-0.15, -0.1) is 0 Å². The zero-order valence-electron chi connectivity index (χ0n) is 10.7. The molecule has 0 aromatic heterocycles. The third-order valence-corrected chi connectivity index (χ3v) is 4.11. The molecule has 1 fully saturated rings. The number of hydrogen-bond acceptors (Lipinski definition) is 2. The first-order valence-electron chi connectivity index (χ1n) is 6.57. The maximum atomic E-state index is 5.69. The van der Waals surface area contributed by atoms with Crippen LogP contribution in [-0.2, 0) is 0 Å². The first-order valence-corrected chi connectivity index (χ1v) is 6.57. The molecule has 90 valence electrons. The molecular formula is C13H28N2. The van der Waals surface area contributed by atoms with Crippen molar-refractivity contribution in [2.45, 2.75) is 52.0 Å². The van der Waals surface area contributed by atoms with Crippen LogP contribution < -0.4 is 5.73 Å². The van der Waals surface area contributed by atoms with Crippen molar-refractivity contribution < 1.29 is 0 Å². The largest absolute Gasteiger partial charge is 0.329 e. The molecule has 2 nitrogen and oxygen atoms in total. The fourth-order valence-corrected chi connectivity index (χ4v) is 2.71. The Kier molecular flexibility index (Phi) is 5.62. The van der Waals surface area contributed by atoms with Crippen molar-refractivity contribution in [1.82, 2.24) is 4.90 Å². The monoisotopic (exact) mass is 212 g/mol. The first kappa shape index (κ1) is 13.0. The average molecular weight is 212 g/mol. The summed E-state index contributed by atoms with van der Waals surface area (Å²) in [5.41, 5.74) is 5.69. The molecule has 0 aliphatic heterocycles. The maximum absolute atomic E-state index is 5.69. The third-order valence-electron chi connectivity index (χ3n) is 4.11. The summed E-state index contributed by atoms with van der Waals surface area (Å²) in [6.07, 6.45) is 7.14. The van der Waals surface area contributed by atoms with E-state index in [9.17, 15) is 0 Å². The fourth-order valence-electron chi connectivity index (χ4n) is 2.71. The van der Waals surface area contributed by atoms with Crippen LogP contribution in [0.2, 0.25) is 0 Å². The summed E-state index contributed by atoms with van der Waals surface area (Å²) < 4.78 is 0. The highest BCUT2D eigenvalue weighted by molar-refractivity contribution is 4.76. The van der Waals surface area contributed by atoms with E-state index < -0.39 is 0 Å². The SMILES string of the molecule is CCC1CCCC(CN(C)C(C)CN)C1. The molecule has 0 saturated heterocycles. The highest BCUT2D eigenvalue weighted by atomic mass is 15.1. The Bertz CT molecular complexity index is 170. The smallest absolute Gasteiger partial charge is 0.0187 e. The van der Waals surface area contributed by atoms with E-state index >= 15 is 0 Å². The summed E-state index contributed by atoms with van der Waals surface area (Å²) in [7, 11) is 2.22. The lowest BCUT2D eigenvalue weighted by molar-refractivity contribution is 0.168. The van der Waals surface area contributed by atoms with Gasteiger partial charge < -0.3 is 10.6 Å². The van der Waals surface area contributed by atoms with Gasteiger partial charge in [0, 0.05) is 19.1 Å². The molecule has 2 N–H and O–H groups in total. The zero-order chi connectivity index (χ0) is 11.3. The second kappa shape index (κ2) is 6.49. The first-order chi connectivity index (χ1) is 7.17. The summed E-state index contributed by atoms with van der Waals surface area (Å²) in [5.74, 6) is 1.91. The van der Waals surface area contributed by atoms with E-state index in [0.717, 1.165) is 18.4 Å². The van der Waals surface area contributed by atoms with Crippen LogP contribution >= 0.6 is 0 Å². The molecule has 0 radical (unpaired) electrons. The highest BCUT2D eigenvalue weighted by Gasteiger charge is 2.22. The van der Waals surface area contributed by atoms with Crippen molar-refractivity contribution in [3.63, 3.8) is 0 Å². The van der Waals surface area contributed by atoms with E-state index in [-0.39, 0.29) is 0 Å². The lowest BCUT2D eigenvalue weighted by Gasteiger charge is -2.33. The normalized spacial score (nSPS) is 29.4.